The fourth-order valence-electron chi connectivity index (χ4n) is 6.54. The van der Waals surface area contributed by atoms with Gasteiger partial charge in [0.05, 0.1) is 23.4 Å². The van der Waals surface area contributed by atoms with Crippen molar-refractivity contribution < 1.29 is 14.9 Å². The summed E-state index contributed by atoms with van der Waals surface area (Å²) in [7, 11) is 0. The molecule has 39 heavy (non-hydrogen) atoms. The summed E-state index contributed by atoms with van der Waals surface area (Å²) in [6.07, 6.45) is 37.3. The number of aliphatic hydroxyl groups is 2. The van der Waals surface area contributed by atoms with Crippen molar-refractivity contribution in [3.8, 4) is 0 Å². The summed E-state index contributed by atoms with van der Waals surface area (Å²) >= 11 is 0. The fourth-order valence-corrected chi connectivity index (χ4v) is 6.54. The van der Waals surface area contributed by atoms with Gasteiger partial charge in [-0.15, -0.1) is 0 Å². The van der Waals surface area contributed by atoms with E-state index in [2.05, 4.69) is 13.8 Å². The second-order valence-electron chi connectivity index (χ2n) is 13.6. The highest BCUT2D eigenvalue weighted by Crippen LogP contribution is 2.55. The van der Waals surface area contributed by atoms with Crippen LogP contribution in [-0.4, -0.2) is 33.6 Å². The lowest BCUT2D eigenvalue weighted by Crippen LogP contribution is -2.41. The third kappa shape index (κ3) is 15.6. The normalized spacial score (nSPS) is 18.8. The largest absolute Gasteiger partial charge is 0.390 e. The van der Waals surface area contributed by atoms with Crippen LogP contribution in [0.2, 0.25) is 0 Å². The zero-order valence-corrected chi connectivity index (χ0v) is 26.7. The van der Waals surface area contributed by atoms with Crippen molar-refractivity contribution >= 4 is 0 Å². The highest BCUT2D eigenvalue weighted by molar-refractivity contribution is 5.10. The molecule has 0 bridgehead atoms. The predicted octanol–water partition coefficient (Wildman–Crippen LogP) is 11.0. The lowest BCUT2D eigenvalue weighted by atomic mass is 9.99. The third-order valence-corrected chi connectivity index (χ3v) is 9.77. The molecule has 0 heterocycles. The molecule has 0 aromatic rings. The molecule has 2 unspecified atom stereocenters. The zero-order valence-electron chi connectivity index (χ0n) is 26.7. The summed E-state index contributed by atoms with van der Waals surface area (Å²) in [6.45, 7) is 4.57. The second kappa shape index (κ2) is 21.6. The Morgan fingerprint density at radius 1 is 0.410 bits per heavy atom. The van der Waals surface area contributed by atoms with Gasteiger partial charge in [0.2, 0.25) is 0 Å². The Labute approximate surface area is 244 Å². The van der Waals surface area contributed by atoms with Crippen molar-refractivity contribution in [3.63, 3.8) is 0 Å². The van der Waals surface area contributed by atoms with E-state index in [0.29, 0.717) is 0 Å². The first-order valence-corrected chi connectivity index (χ1v) is 18.1. The van der Waals surface area contributed by atoms with E-state index in [0.717, 1.165) is 51.4 Å². The Morgan fingerprint density at radius 3 is 0.872 bits per heavy atom. The summed E-state index contributed by atoms with van der Waals surface area (Å²) in [5.41, 5.74) is -0.683. The molecule has 0 spiro atoms. The number of aliphatic hydroxyl groups excluding tert-OH is 2. The van der Waals surface area contributed by atoms with Gasteiger partial charge in [-0.3, -0.25) is 0 Å². The molecular weight excluding hydrogens is 480 g/mol. The van der Waals surface area contributed by atoms with Crippen molar-refractivity contribution in [3.05, 3.63) is 0 Å². The SMILES string of the molecule is CCCCCCCCCCCCCCC(O)C1(OC2(C(O)CCCCCCCCCCCCCC)CC2)CC1. The Hall–Kier alpha value is -0.120. The van der Waals surface area contributed by atoms with Crippen molar-refractivity contribution in [2.24, 2.45) is 0 Å². The van der Waals surface area contributed by atoms with Crippen molar-refractivity contribution in [2.45, 2.75) is 230 Å². The average Bonchev–Trinajstić information content (AvgIpc) is 3.88. The lowest BCUT2D eigenvalue weighted by molar-refractivity contribution is -0.149. The van der Waals surface area contributed by atoms with Gasteiger partial charge < -0.3 is 14.9 Å². The molecule has 0 aliphatic heterocycles. The topological polar surface area (TPSA) is 49.7 Å². The summed E-state index contributed by atoms with van der Waals surface area (Å²) in [4.78, 5) is 0. The highest BCUT2D eigenvalue weighted by atomic mass is 16.6. The minimum Gasteiger partial charge on any atom is -0.390 e. The van der Waals surface area contributed by atoms with Gasteiger partial charge in [-0.25, -0.2) is 0 Å². The van der Waals surface area contributed by atoms with E-state index in [1.165, 1.54) is 141 Å². The van der Waals surface area contributed by atoms with Crippen LogP contribution in [0.5, 0.6) is 0 Å². The van der Waals surface area contributed by atoms with E-state index in [4.69, 9.17) is 4.74 Å². The minimum absolute atomic E-state index is 0.341. The Kier molecular flexibility index (Phi) is 19.4. The van der Waals surface area contributed by atoms with Crippen LogP contribution in [0.1, 0.15) is 206 Å². The Bertz CT molecular complexity index is 506. The molecular formula is C36H70O3. The van der Waals surface area contributed by atoms with E-state index in [1.54, 1.807) is 0 Å². The molecule has 2 atom stereocenters. The second-order valence-corrected chi connectivity index (χ2v) is 13.6. The Morgan fingerprint density at radius 2 is 0.641 bits per heavy atom. The van der Waals surface area contributed by atoms with Gasteiger partial charge in [-0.05, 0) is 38.5 Å². The molecule has 0 radical (unpaired) electrons. The molecule has 3 heteroatoms. The molecule has 2 aliphatic rings. The van der Waals surface area contributed by atoms with E-state index in [1.807, 2.05) is 0 Å². The maximum Gasteiger partial charge on any atom is 0.0951 e. The van der Waals surface area contributed by atoms with Crippen LogP contribution in [0.4, 0.5) is 0 Å². The van der Waals surface area contributed by atoms with Crippen LogP contribution in [0, 0.1) is 0 Å². The van der Waals surface area contributed by atoms with E-state index >= 15 is 0 Å². The molecule has 2 N–H and O–H groups in total. The molecule has 0 aromatic carbocycles. The minimum atomic E-state index is -0.350. The summed E-state index contributed by atoms with van der Waals surface area (Å²) in [6, 6.07) is 0. The first-order chi connectivity index (χ1) is 19.1. The zero-order chi connectivity index (χ0) is 28.1. The van der Waals surface area contributed by atoms with Crippen LogP contribution < -0.4 is 0 Å². The van der Waals surface area contributed by atoms with Crippen molar-refractivity contribution in [2.75, 3.05) is 0 Å². The van der Waals surface area contributed by atoms with Gasteiger partial charge in [0.1, 0.15) is 0 Å². The van der Waals surface area contributed by atoms with Gasteiger partial charge >= 0.3 is 0 Å². The van der Waals surface area contributed by atoms with E-state index < -0.39 is 0 Å². The quantitative estimate of drug-likeness (QED) is 0.0874. The molecule has 2 fully saturated rings. The van der Waals surface area contributed by atoms with Crippen LogP contribution in [0.3, 0.4) is 0 Å². The molecule has 2 saturated carbocycles. The molecule has 2 aliphatic carbocycles. The smallest absolute Gasteiger partial charge is 0.0951 e. The molecule has 0 saturated heterocycles. The monoisotopic (exact) mass is 551 g/mol. The summed E-state index contributed by atoms with van der Waals surface area (Å²) < 4.78 is 6.59. The van der Waals surface area contributed by atoms with Gasteiger partial charge in [0, 0.05) is 0 Å². The number of hydrogen-bond acceptors (Lipinski definition) is 3. The lowest BCUT2D eigenvalue weighted by Gasteiger charge is -2.31. The molecule has 3 nitrogen and oxygen atoms in total. The summed E-state index contributed by atoms with van der Waals surface area (Å²) in [5, 5.41) is 21.9. The summed E-state index contributed by atoms with van der Waals surface area (Å²) in [5.74, 6) is 0. The molecule has 0 aromatic heterocycles. The number of unbranched alkanes of at least 4 members (excludes halogenated alkanes) is 22. The van der Waals surface area contributed by atoms with Crippen molar-refractivity contribution in [1.29, 1.82) is 0 Å². The van der Waals surface area contributed by atoms with Gasteiger partial charge in [0.25, 0.3) is 0 Å². The highest BCUT2D eigenvalue weighted by Gasteiger charge is 2.60. The van der Waals surface area contributed by atoms with Crippen LogP contribution in [-0.2, 0) is 4.74 Å². The Balaban J connectivity index is 1.44. The van der Waals surface area contributed by atoms with E-state index in [9.17, 15) is 10.2 Å². The van der Waals surface area contributed by atoms with E-state index in [-0.39, 0.29) is 23.4 Å². The number of rotatable bonds is 30. The molecule has 2 rings (SSSR count). The van der Waals surface area contributed by atoms with Crippen LogP contribution >= 0.6 is 0 Å². The van der Waals surface area contributed by atoms with Gasteiger partial charge in [-0.2, -0.15) is 0 Å². The third-order valence-electron chi connectivity index (χ3n) is 9.77. The van der Waals surface area contributed by atoms with Gasteiger partial charge in [0.15, 0.2) is 0 Å². The number of ether oxygens (including phenoxy) is 1. The van der Waals surface area contributed by atoms with Gasteiger partial charge in [-0.1, -0.05) is 168 Å². The number of hydrogen-bond donors (Lipinski definition) is 2. The fraction of sp³-hybridized carbons (Fsp3) is 1.00. The maximum atomic E-state index is 11.0. The molecule has 0 amide bonds. The van der Waals surface area contributed by atoms with Crippen LogP contribution in [0.15, 0.2) is 0 Å². The first-order valence-electron chi connectivity index (χ1n) is 18.1. The standard InChI is InChI=1S/C36H70O3/c1-3-5-7-9-11-13-15-17-19-21-23-25-27-33(37)35(29-30-35)39-36(31-32-36)34(38)28-26-24-22-20-18-16-14-12-10-8-6-4-2/h33-34,37-38H,3-32H2,1-2H3. The molecule has 232 valence electrons. The first kappa shape index (κ1) is 35.1. The van der Waals surface area contributed by atoms with Crippen molar-refractivity contribution in [1.82, 2.24) is 0 Å². The van der Waals surface area contributed by atoms with Crippen LogP contribution in [0.25, 0.3) is 0 Å². The predicted molar refractivity (Wildman–Crippen MR) is 168 cm³/mol. The average molecular weight is 551 g/mol. The maximum absolute atomic E-state index is 11.0.